The van der Waals surface area contributed by atoms with Crippen molar-refractivity contribution in [1.29, 1.82) is 0 Å². The summed E-state index contributed by atoms with van der Waals surface area (Å²) >= 11 is 0. The van der Waals surface area contributed by atoms with E-state index in [2.05, 4.69) is 20.6 Å². The van der Waals surface area contributed by atoms with Crippen LogP contribution in [0.3, 0.4) is 0 Å². The Kier molecular flexibility index (Phi) is 6.87. The fraction of sp³-hybridized carbons (Fsp3) is 0.292. The van der Waals surface area contributed by atoms with Gasteiger partial charge in [-0.1, -0.05) is 6.07 Å². The zero-order valence-corrected chi connectivity index (χ0v) is 18.3. The van der Waals surface area contributed by atoms with Gasteiger partial charge in [-0.2, -0.15) is 0 Å². The Morgan fingerprint density at radius 2 is 2.03 bits per heavy atom. The van der Waals surface area contributed by atoms with Crippen molar-refractivity contribution in [3.05, 3.63) is 66.5 Å². The van der Waals surface area contributed by atoms with Crippen LogP contribution in [0.25, 0.3) is 11.3 Å². The van der Waals surface area contributed by atoms with E-state index in [-0.39, 0.29) is 30.2 Å². The summed E-state index contributed by atoms with van der Waals surface area (Å²) in [5.74, 6) is 0.192. The van der Waals surface area contributed by atoms with Gasteiger partial charge in [0.1, 0.15) is 11.6 Å². The van der Waals surface area contributed by atoms with Gasteiger partial charge in [0.15, 0.2) is 5.82 Å². The molecule has 1 aliphatic heterocycles. The van der Waals surface area contributed by atoms with E-state index >= 15 is 0 Å². The van der Waals surface area contributed by atoms with E-state index in [1.165, 1.54) is 19.1 Å². The standard InChI is InChI=1S/C24H25FN6O2/c1-16(32)27-15-23(33)31-11-3-2-9-21(31)24-29-20(17-6-5-10-26-14-17)13-22(30-24)28-19-8-4-7-18(25)12-19/h4-8,10,12-14,21H,2-3,9,11,15H2,1H3,(H,27,32)(H,28,29,30)/t21-/m1/s1. The number of hydrogen-bond acceptors (Lipinski definition) is 6. The number of anilines is 2. The molecule has 2 aromatic heterocycles. The van der Waals surface area contributed by atoms with Crippen molar-refractivity contribution in [3.8, 4) is 11.3 Å². The van der Waals surface area contributed by atoms with Crippen LogP contribution in [0, 0.1) is 5.82 Å². The molecule has 0 aliphatic carbocycles. The van der Waals surface area contributed by atoms with E-state index in [0.717, 1.165) is 18.4 Å². The summed E-state index contributed by atoms with van der Waals surface area (Å²) in [6.45, 7) is 1.88. The third-order valence-electron chi connectivity index (χ3n) is 5.41. The molecular formula is C24H25FN6O2. The molecule has 0 saturated carbocycles. The van der Waals surface area contributed by atoms with Crippen LogP contribution in [0.15, 0.2) is 54.9 Å². The lowest BCUT2D eigenvalue weighted by molar-refractivity contribution is -0.136. The monoisotopic (exact) mass is 448 g/mol. The van der Waals surface area contributed by atoms with Crippen LogP contribution in [0.1, 0.15) is 38.1 Å². The Bertz CT molecular complexity index is 1140. The number of benzene rings is 1. The van der Waals surface area contributed by atoms with Crippen LogP contribution in [0.4, 0.5) is 15.9 Å². The third kappa shape index (κ3) is 5.68. The number of aromatic nitrogens is 3. The Balaban J connectivity index is 1.70. The number of pyridine rings is 1. The third-order valence-corrected chi connectivity index (χ3v) is 5.41. The molecule has 4 rings (SSSR count). The molecule has 1 atom stereocenters. The number of likely N-dealkylation sites (tertiary alicyclic amines) is 1. The van der Waals surface area contributed by atoms with Gasteiger partial charge < -0.3 is 15.5 Å². The fourth-order valence-corrected chi connectivity index (χ4v) is 3.86. The van der Waals surface area contributed by atoms with Crippen molar-refractivity contribution in [2.24, 2.45) is 0 Å². The maximum absolute atomic E-state index is 13.7. The van der Waals surface area contributed by atoms with Crippen molar-refractivity contribution >= 4 is 23.3 Å². The second kappa shape index (κ2) is 10.2. The number of piperidine rings is 1. The molecule has 2 N–H and O–H groups in total. The molecule has 0 bridgehead atoms. The first-order valence-electron chi connectivity index (χ1n) is 10.9. The first kappa shape index (κ1) is 22.3. The van der Waals surface area contributed by atoms with Gasteiger partial charge >= 0.3 is 0 Å². The van der Waals surface area contributed by atoms with Gasteiger partial charge in [0.05, 0.1) is 18.3 Å². The highest BCUT2D eigenvalue weighted by atomic mass is 19.1. The van der Waals surface area contributed by atoms with E-state index < -0.39 is 0 Å². The Morgan fingerprint density at radius 3 is 2.79 bits per heavy atom. The van der Waals surface area contributed by atoms with Crippen LogP contribution in [-0.4, -0.2) is 44.8 Å². The van der Waals surface area contributed by atoms with Crippen molar-refractivity contribution in [2.45, 2.75) is 32.2 Å². The highest BCUT2D eigenvalue weighted by molar-refractivity contribution is 5.84. The molecular weight excluding hydrogens is 423 g/mol. The van der Waals surface area contributed by atoms with Gasteiger partial charge in [0.2, 0.25) is 11.8 Å². The highest BCUT2D eigenvalue weighted by Crippen LogP contribution is 2.32. The quantitative estimate of drug-likeness (QED) is 0.598. The van der Waals surface area contributed by atoms with E-state index in [9.17, 15) is 14.0 Å². The van der Waals surface area contributed by atoms with Crippen molar-refractivity contribution in [2.75, 3.05) is 18.4 Å². The Morgan fingerprint density at radius 1 is 1.15 bits per heavy atom. The van der Waals surface area contributed by atoms with Crippen LogP contribution < -0.4 is 10.6 Å². The van der Waals surface area contributed by atoms with Gasteiger partial charge in [0, 0.05) is 43.2 Å². The highest BCUT2D eigenvalue weighted by Gasteiger charge is 2.30. The maximum Gasteiger partial charge on any atom is 0.242 e. The number of carbonyl (C=O) groups excluding carboxylic acids is 2. The summed E-state index contributed by atoms with van der Waals surface area (Å²) in [6.07, 6.45) is 5.90. The number of rotatable bonds is 6. The van der Waals surface area contributed by atoms with E-state index in [4.69, 9.17) is 4.98 Å². The lowest BCUT2D eigenvalue weighted by atomic mass is 10.0. The second-order valence-electron chi connectivity index (χ2n) is 7.88. The van der Waals surface area contributed by atoms with E-state index in [1.807, 2.05) is 12.1 Å². The predicted octanol–water partition coefficient (Wildman–Crippen LogP) is 3.61. The molecule has 33 heavy (non-hydrogen) atoms. The smallest absolute Gasteiger partial charge is 0.242 e. The summed E-state index contributed by atoms with van der Waals surface area (Å²) < 4.78 is 13.7. The van der Waals surface area contributed by atoms with Crippen molar-refractivity contribution < 1.29 is 14.0 Å². The Hall–Kier alpha value is -3.88. The summed E-state index contributed by atoms with van der Waals surface area (Å²) in [5.41, 5.74) is 2.00. The van der Waals surface area contributed by atoms with Crippen LogP contribution in [0.2, 0.25) is 0 Å². The number of halogens is 1. The van der Waals surface area contributed by atoms with Crippen molar-refractivity contribution in [3.63, 3.8) is 0 Å². The lowest BCUT2D eigenvalue weighted by Crippen LogP contribution is -2.44. The molecule has 1 fully saturated rings. The summed E-state index contributed by atoms with van der Waals surface area (Å²) in [6, 6.07) is 11.3. The minimum atomic E-state index is -0.358. The summed E-state index contributed by atoms with van der Waals surface area (Å²) in [5, 5.41) is 5.72. The normalized spacial score (nSPS) is 15.7. The van der Waals surface area contributed by atoms with Gasteiger partial charge in [-0.05, 0) is 49.6 Å². The van der Waals surface area contributed by atoms with Crippen LogP contribution in [0.5, 0.6) is 0 Å². The second-order valence-corrected chi connectivity index (χ2v) is 7.88. The minimum Gasteiger partial charge on any atom is -0.347 e. The molecule has 2 amide bonds. The Labute approximate surface area is 191 Å². The molecule has 8 nitrogen and oxygen atoms in total. The largest absolute Gasteiger partial charge is 0.347 e. The molecule has 1 aromatic carbocycles. The molecule has 0 radical (unpaired) electrons. The minimum absolute atomic E-state index is 0.0669. The lowest BCUT2D eigenvalue weighted by Gasteiger charge is -2.35. The molecule has 170 valence electrons. The number of carbonyl (C=O) groups is 2. The first-order chi connectivity index (χ1) is 16.0. The average molecular weight is 449 g/mol. The van der Waals surface area contributed by atoms with Gasteiger partial charge in [-0.25, -0.2) is 14.4 Å². The molecule has 3 aromatic rings. The van der Waals surface area contributed by atoms with Gasteiger partial charge in [-0.15, -0.1) is 0 Å². The predicted molar refractivity (Wildman–Crippen MR) is 122 cm³/mol. The maximum atomic E-state index is 13.7. The zero-order valence-electron chi connectivity index (χ0n) is 18.3. The number of hydrogen-bond donors (Lipinski definition) is 2. The first-order valence-corrected chi connectivity index (χ1v) is 10.9. The average Bonchev–Trinajstić information content (AvgIpc) is 2.83. The van der Waals surface area contributed by atoms with E-state index in [0.29, 0.717) is 36.0 Å². The molecule has 9 heteroatoms. The van der Waals surface area contributed by atoms with Gasteiger partial charge in [0.25, 0.3) is 0 Å². The molecule has 0 unspecified atom stereocenters. The SMILES string of the molecule is CC(=O)NCC(=O)N1CCCC[C@@H]1c1nc(Nc2cccc(F)c2)cc(-c2cccnc2)n1. The number of nitrogens with one attached hydrogen (secondary N) is 2. The molecule has 1 saturated heterocycles. The summed E-state index contributed by atoms with van der Waals surface area (Å²) in [7, 11) is 0. The molecule has 1 aliphatic rings. The van der Waals surface area contributed by atoms with Crippen LogP contribution >= 0.6 is 0 Å². The fourth-order valence-electron chi connectivity index (χ4n) is 3.86. The summed E-state index contributed by atoms with van der Waals surface area (Å²) in [4.78, 5) is 39.5. The topological polar surface area (TPSA) is 100 Å². The van der Waals surface area contributed by atoms with E-state index in [1.54, 1.807) is 35.5 Å². The van der Waals surface area contributed by atoms with Gasteiger partial charge in [-0.3, -0.25) is 14.6 Å². The molecule has 3 heterocycles. The number of nitrogens with zero attached hydrogens (tertiary/aromatic N) is 4. The zero-order chi connectivity index (χ0) is 23.2. The van der Waals surface area contributed by atoms with Crippen LogP contribution in [-0.2, 0) is 9.59 Å². The number of amides is 2. The molecule has 0 spiro atoms. The van der Waals surface area contributed by atoms with Crippen molar-refractivity contribution in [1.82, 2.24) is 25.2 Å².